The number of aliphatic hydroxyl groups is 1. The number of carbonyl (C=O) groups is 1. The van der Waals surface area contributed by atoms with Crippen molar-refractivity contribution < 1.29 is 14.3 Å². The normalized spacial score (nSPS) is 24.2. The van der Waals surface area contributed by atoms with Gasteiger partial charge in [0.05, 0.1) is 12.3 Å². The van der Waals surface area contributed by atoms with Crippen LogP contribution in [0.2, 0.25) is 0 Å². The van der Waals surface area contributed by atoms with Gasteiger partial charge in [0.15, 0.2) is 0 Å². The van der Waals surface area contributed by atoms with Crippen LogP contribution in [0.1, 0.15) is 36.8 Å². The molecule has 3 atom stereocenters. The number of allylic oxidation sites excluding steroid dienone is 1. The number of aliphatic hydroxyl groups excluding tert-OH is 1. The number of para-hydroxylation sites is 1. The first-order valence-electron chi connectivity index (χ1n) is 11.0. The lowest BCUT2D eigenvalue weighted by Crippen LogP contribution is -2.68. The second-order valence-electron chi connectivity index (χ2n) is 8.31. The quantitative estimate of drug-likeness (QED) is 0.770. The molecule has 2 amide bonds. The van der Waals surface area contributed by atoms with E-state index in [9.17, 15) is 14.3 Å². The Morgan fingerprint density at radius 2 is 1.90 bits per heavy atom. The van der Waals surface area contributed by atoms with Gasteiger partial charge < -0.3 is 15.3 Å². The van der Waals surface area contributed by atoms with Gasteiger partial charge in [-0.3, -0.25) is 4.90 Å². The van der Waals surface area contributed by atoms with E-state index in [4.69, 9.17) is 0 Å². The van der Waals surface area contributed by atoms with Gasteiger partial charge in [0.25, 0.3) is 0 Å². The standard InChI is InChI=1S/C25H30FN3O2/c1-2-7-18-10-12-19(13-11-18)24-22-16-28(14-5-6-15-29(22)23(24)17-30)25(31)27-21-9-4-3-8-20(21)26/h2-4,7-13,22-24,30H,5-6,14-17H2,1H3,(H,27,31)/b7-2+/t22-,23+,24-/m0/s1. The van der Waals surface area contributed by atoms with E-state index in [1.807, 2.05) is 13.0 Å². The summed E-state index contributed by atoms with van der Waals surface area (Å²) < 4.78 is 14.0. The Morgan fingerprint density at radius 3 is 2.61 bits per heavy atom. The summed E-state index contributed by atoms with van der Waals surface area (Å²) >= 11 is 0. The zero-order chi connectivity index (χ0) is 21.8. The van der Waals surface area contributed by atoms with E-state index in [1.54, 1.807) is 23.1 Å². The molecule has 2 heterocycles. The minimum absolute atomic E-state index is 0.0622. The molecule has 0 bridgehead atoms. The minimum atomic E-state index is -0.437. The summed E-state index contributed by atoms with van der Waals surface area (Å²) in [5.74, 6) is -0.279. The molecule has 4 rings (SSSR count). The second kappa shape index (κ2) is 9.62. The molecule has 0 saturated carbocycles. The number of nitrogens with one attached hydrogen (secondary N) is 1. The number of hydrogen-bond acceptors (Lipinski definition) is 3. The monoisotopic (exact) mass is 423 g/mol. The fraction of sp³-hybridized carbons (Fsp3) is 0.400. The van der Waals surface area contributed by atoms with E-state index in [0.717, 1.165) is 24.9 Å². The number of nitrogens with zero attached hydrogens (tertiary/aromatic N) is 2. The second-order valence-corrected chi connectivity index (χ2v) is 8.31. The Kier molecular flexibility index (Phi) is 6.68. The van der Waals surface area contributed by atoms with E-state index in [1.165, 1.54) is 11.6 Å². The number of hydrogen-bond donors (Lipinski definition) is 2. The minimum Gasteiger partial charge on any atom is -0.395 e. The molecule has 0 radical (unpaired) electrons. The molecule has 5 nitrogen and oxygen atoms in total. The van der Waals surface area contributed by atoms with Crippen molar-refractivity contribution in [3.05, 3.63) is 71.6 Å². The molecule has 6 heteroatoms. The zero-order valence-electron chi connectivity index (χ0n) is 17.9. The first kappa shape index (κ1) is 21.5. The van der Waals surface area contributed by atoms with Gasteiger partial charge in [0, 0.05) is 31.1 Å². The molecule has 2 fully saturated rings. The summed E-state index contributed by atoms with van der Waals surface area (Å²) in [6.45, 7) is 4.21. The first-order chi connectivity index (χ1) is 15.1. The molecule has 2 aliphatic heterocycles. The lowest BCUT2D eigenvalue weighted by atomic mass is 9.74. The molecule has 164 valence electrons. The highest BCUT2D eigenvalue weighted by molar-refractivity contribution is 5.89. The molecular formula is C25H30FN3O2. The Balaban J connectivity index is 1.53. The highest BCUT2D eigenvalue weighted by Gasteiger charge is 2.49. The fourth-order valence-electron chi connectivity index (χ4n) is 4.90. The van der Waals surface area contributed by atoms with Crippen molar-refractivity contribution >= 4 is 17.8 Å². The molecule has 2 saturated heterocycles. The smallest absolute Gasteiger partial charge is 0.321 e. The van der Waals surface area contributed by atoms with Crippen LogP contribution in [-0.2, 0) is 0 Å². The van der Waals surface area contributed by atoms with Crippen molar-refractivity contribution in [2.45, 2.75) is 37.8 Å². The average molecular weight is 424 g/mol. The summed E-state index contributed by atoms with van der Waals surface area (Å²) in [4.78, 5) is 17.1. The van der Waals surface area contributed by atoms with Crippen molar-refractivity contribution in [2.75, 3.05) is 31.6 Å². The number of carbonyl (C=O) groups excluding carboxylic acids is 1. The van der Waals surface area contributed by atoms with Gasteiger partial charge in [-0.1, -0.05) is 48.6 Å². The van der Waals surface area contributed by atoms with E-state index < -0.39 is 5.82 Å². The average Bonchev–Trinajstić information content (AvgIpc) is 2.75. The number of anilines is 1. The van der Waals surface area contributed by atoms with Crippen LogP contribution in [0.25, 0.3) is 6.08 Å². The summed E-state index contributed by atoms with van der Waals surface area (Å²) in [7, 11) is 0. The van der Waals surface area contributed by atoms with Gasteiger partial charge in [0.1, 0.15) is 5.82 Å². The predicted molar refractivity (Wildman–Crippen MR) is 121 cm³/mol. The highest BCUT2D eigenvalue weighted by Crippen LogP contribution is 2.42. The van der Waals surface area contributed by atoms with Crippen molar-refractivity contribution in [1.82, 2.24) is 9.80 Å². The van der Waals surface area contributed by atoms with E-state index in [0.29, 0.717) is 13.1 Å². The molecule has 0 aliphatic carbocycles. The fourth-order valence-corrected chi connectivity index (χ4v) is 4.90. The SMILES string of the molecule is C/C=C/c1ccc([C@@H]2[C@@H](CO)N3CCCCN(C(=O)Nc4ccccc4F)C[C@@H]23)cc1. The number of halogens is 1. The predicted octanol–water partition coefficient (Wildman–Crippen LogP) is 4.32. The third kappa shape index (κ3) is 4.50. The third-order valence-corrected chi connectivity index (χ3v) is 6.45. The van der Waals surface area contributed by atoms with Gasteiger partial charge in [-0.05, 0) is 49.6 Å². The van der Waals surface area contributed by atoms with Crippen LogP contribution in [-0.4, -0.2) is 59.3 Å². The van der Waals surface area contributed by atoms with E-state index in [2.05, 4.69) is 40.6 Å². The van der Waals surface area contributed by atoms with Crippen molar-refractivity contribution in [2.24, 2.45) is 0 Å². The number of fused-ring (bicyclic) bond motifs is 1. The Labute approximate surface area is 183 Å². The topological polar surface area (TPSA) is 55.8 Å². The first-order valence-corrected chi connectivity index (χ1v) is 11.0. The Morgan fingerprint density at radius 1 is 1.16 bits per heavy atom. The van der Waals surface area contributed by atoms with Gasteiger partial charge in [-0.2, -0.15) is 0 Å². The molecule has 2 aliphatic rings. The zero-order valence-corrected chi connectivity index (χ0v) is 17.9. The molecular weight excluding hydrogens is 393 g/mol. The van der Waals surface area contributed by atoms with Crippen LogP contribution in [0.5, 0.6) is 0 Å². The summed E-state index contributed by atoms with van der Waals surface area (Å²) in [6.07, 6.45) is 5.92. The van der Waals surface area contributed by atoms with Gasteiger partial charge in [0.2, 0.25) is 0 Å². The largest absolute Gasteiger partial charge is 0.395 e. The number of amides is 2. The number of rotatable bonds is 4. The maximum Gasteiger partial charge on any atom is 0.321 e. The lowest BCUT2D eigenvalue weighted by molar-refractivity contribution is -0.0585. The van der Waals surface area contributed by atoms with Gasteiger partial charge in [-0.25, -0.2) is 9.18 Å². The summed E-state index contributed by atoms with van der Waals surface area (Å²) in [5.41, 5.74) is 2.53. The molecule has 2 aromatic carbocycles. The van der Waals surface area contributed by atoms with Crippen molar-refractivity contribution in [3.63, 3.8) is 0 Å². The van der Waals surface area contributed by atoms with Crippen LogP contribution in [0.15, 0.2) is 54.6 Å². The molecule has 2 N–H and O–H groups in total. The van der Waals surface area contributed by atoms with Crippen LogP contribution < -0.4 is 5.32 Å². The van der Waals surface area contributed by atoms with Gasteiger partial charge >= 0.3 is 6.03 Å². The lowest BCUT2D eigenvalue weighted by Gasteiger charge is -2.57. The maximum atomic E-state index is 14.0. The van der Waals surface area contributed by atoms with Crippen molar-refractivity contribution in [3.8, 4) is 0 Å². The maximum absolute atomic E-state index is 14.0. The molecule has 0 aromatic heterocycles. The van der Waals surface area contributed by atoms with Crippen molar-refractivity contribution in [1.29, 1.82) is 0 Å². The molecule has 0 spiro atoms. The summed E-state index contributed by atoms with van der Waals surface area (Å²) in [5, 5.41) is 12.8. The highest BCUT2D eigenvalue weighted by atomic mass is 19.1. The molecule has 0 unspecified atom stereocenters. The third-order valence-electron chi connectivity index (χ3n) is 6.45. The number of urea groups is 1. The molecule has 31 heavy (non-hydrogen) atoms. The number of benzene rings is 2. The van der Waals surface area contributed by atoms with E-state index >= 15 is 0 Å². The van der Waals surface area contributed by atoms with E-state index in [-0.39, 0.29) is 36.3 Å². The molecule has 2 aromatic rings. The Hall–Kier alpha value is -2.70. The van der Waals surface area contributed by atoms with Crippen LogP contribution in [0.3, 0.4) is 0 Å². The summed E-state index contributed by atoms with van der Waals surface area (Å²) in [6, 6.07) is 14.6. The van der Waals surface area contributed by atoms with Gasteiger partial charge in [-0.15, -0.1) is 0 Å². The Bertz CT molecular complexity index is 931. The van der Waals surface area contributed by atoms with Crippen LogP contribution >= 0.6 is 0 Å². The van der Waals surface area contributed by atoms with Crippen LogP contribution in [0, 0.1) is 5.82 Å². The van der Waals surface area contributed by atoms with Crippen LogP contribution in [0.4, 0.5) is 14.9 Å².